The van der Waals surface area contributed by atoms with Crippen LogP contribution in [0.5, 0.6) is 0 Å². The second-order valence-electron chi connectivity index (χ2n) is 4.41. The molecule has 1 heterocycles. The maximum absolute atomic E-state index is 11.5. The van der Waals surface area contributed by atoms with Crippen molar-refractivity contribution < 1.29 is 4.79 Å². The van der Waals surface area contributed by atoms with Crippen LogP contribution in [0.25, 0.3) is 0 Å². The van der Waals surface area contributed by atoms with Gasteiger partial charge in [-0.05, 0) is 25.2 Å². The molecule has 2 N–H and O–H groups in total. The highest BCUT2D eigenvalue weighted by molar-refractivity contribution is 5.82. The van der Waals surface area contributed by atoms with E-state index in [1.165, 1.54) is 0 Å². The van der Waals surface area contributed by atoms with Crippen molar-refractivity contribution in [3.05, 3.63) is 0 Å². The lowest BCUT2D eigenvalue weighted by Gasteiger charge is -2.29. The van der Waals surface area contributed by atoms with E-state index in [0.717, 1.165) is 25.8 Å². The Morgan fingerprint density at radius 3 is 2.79 bits per heavy atom. The standard InChI is InChI=1S/C11H22N2O/c1-4-9(8(2)3)13-10-6-5-7-12-11(10)14/h8-10,13H,4-7H2,1-3H3,(H,12,14). The molecule has 1 aliphatic heterocycles. The average Bonchev–Trinajstić information content (AvgIpc) is 2.16. The molecule has 0 aromatic rings. The molecule has 2 unspecified atom stereocenters. The summed E-state index contributed by atoms with van der Waals surface area (Å²) in [5.74, 6) is 0.769. The second-order valence-corrected chi connectivity index (χ2v) is 4.41. The Bertz CT molecular complexity index is 192. The van der Waals surface area contributed by atoms with Crippen LogP contribution < -0.4 is 10.6 Å². The maximum atomic E-state index is 11.5. The van der Waals surface area contributed by atoms with Crippen LogP contribution in [-0.4, -0.2) is 24.5 Å². The molecule has 1 saturated heterocycles. The Hall–Kier alpha value is -0.570. The number of piperidine rings is 1. The fraction of sp³-hybridized carbons (Fsp3) is 0.909. The highest BCUT2D eigenvalue weighted by atomic mass is 16.2. The maximum Gasteiger partial charge on any atom is 0.237 e. The highest BCUT2D eigenvalue weighted by Crippen LogP contribution is 2.10. The monoisotopic (exact) mass is 198 g/mol. The molecular formula is C11H22N2O. The normalized spacial score (nSPS) is 24.9. The quantitative estimate of drug-likeness (QED) is 0.714. The van der Waals surface area contributed by atoms with Crippen LogP contribution in [0.3, 0.4) is 0 Å². The van der Waals surface area contributed by atoms with Gasteiger partial charge in [0.05, 0.1) is 6.04 Å². The van der Waals surface area contributed by atoms with E-state index in [1.54, 1.807) is 0 Å². The molecule has 1 fully saturated rings. The van der Waals surface area contributed by atoms with Crippen LogP contribution in [0.1, 0.15) is 40.0 Å². The summed E-state index contributed by atoms with van der Waals surface area (Å²) in [6, 6.07) is 0.500. The Morgan fingerprint density at radius 1 is 1.57 bits per heavy atom. The van der Waals surface area contributed by atoms with Crippen LogP contribution >= 0.6 is 0 Å². The van der Waals surface area contributed by atoms with E-state index in [9.17, 15) is 4.79 Å². The number of carbonyl (C=O) groups excluding carboxylic acids is 1. The van der Waals surface area contributed by atoms with Crippen molar-refractivity contribution in [1.29, 1.82) is 0 Å². The third kappa shape index (κ3) is 2.98. The van der Waals surface area contributed by atoms with Gasteiger partial charge in [-0.25, -0.2) is 0 Å². The number of rotatable bonds is 4. The van der Waals surface area contributed by atoms with E-state index in [2.05, 4.69) is 31.4 Å². The number of hydrogen-bond acceptors (Lipinski definition) is 2. The van der Waals surface area contributed by atoms with Crippen molar-refractivity contribution in [2.24, 2.45) is 5.92 Å². The lowest BCUT2D eigenvalue weighted by Crippen LogP contribution is -2.52. The number of hydrogen-bond donors (Lipinski definition) is 2. The fourth-order valence-corrected chi connectivity index (χ4v) is 1.97. The molecule has 3 heteroatoms. The van der Waals surface area contributed by atoms with Crippen LogP contribution in [-0.2, 0) is 4.79 Å². The lowest BCUT2D eigenvalue weighted by molar-refractivity contribution is -0.124. The molecule has 0 spiro atoms. The topological polar surface area (TPSA) is 41.1 Å². The first-order chi connectivity index (χ1) is 6.65. The van der Waals surface area contributed by atoms with Gasteiger partial charge in [-0.3, -0.25) is 4.79 Å². The minimum absolute atomic E-state index is 0.0381. The summed E-state index contributed by atoms with van der Waals surface area (Å²) in [6.45, 7) is 7.40. The first-order valence-corrected chi connectivity index (χ1v) is 5.69. The van der Waals surface area contributed by atoms with Crippen LogP contribution in [0, 0.1) is 5.92 Å². The van der Waals surface area contributed by atoms with Crippen molar-refractivity contribution in [2.45, 2.75) is 52.1 Å². The molecule has 3 nitrogen and oxygen atoms in total. The largest absolute Gasteiger partial charge is 0.355 e. The van der Waals surface area contributed by atoms with Gasteiger partial charge in [0.15, 0.2) is 0 Å². The minimum Gasteiger partial charge on any atom is -0.355 e. The Kier molecular flexibility index (Phi) is 4.39. The molecule has 0 aromatic heterocycles. The van der Waals surface area contributed by atoms with Gasteiger partial charge in [0.25, 0.3) is 0 Å². The zero-order valence-electron chi connectivity index (χ0n) is 9.47. The molecule has 0 aromatic carbocycles. The van der Waals surface area contributed by atoms with Gasteiger partial charge in [-0.1, -0.05) is 20.8 Å². The van der Waals surface area contributed by atoms with Gasteiger partial charge < -0.3 is 10.6 Å². The van der Waals surface area contributed by atoms with Crippen molar-refractivity contribution >= 4 is 5.91 Å². The van der Waals surface area contributed by atoms with Crippen LogP contribution in [0.4, 0.5) is 0 Å². The predicted molar refractivity (Wildman–Crippen MR) is 58.1 cm³/mol. The minimum atomic E-state index is 0.0381. The molecule has 0 bridgehead atoms. The van der Waals surface area contributed by atoms with E-state index in [4.69, 9.17) is 0 Å². The van der Waals surface area contributed by atoms with Crippen molar-refractivity contribution in [1.82, 2.24) is 10.6 Å². The molecule has 0 saturated carbocycles. The zero-order valence-corrected chi connectivity index (χ0v) is 9.47. The van der Waals surface area contributed by atoms with Crippen molar-refractivity contribution in [2.75, 3.05) is 6.54 Å². The van der Waals surface area contributed by atoms with Gasteiger partial charge in [-0.2, -0.15) is 0 Å². The van der Waals surface area contributed by atoms with Crippen molar-refractivity contribution in [3.8, 4) is 0 Å². The van der Waals surface area contributed by atoms with E-state index >= 15 is 0 Å². The third-order valence-corrected chi connectivity index (χ3v) is 2.95. The summed E-state index contributed by atoms with van der Waals surface area (Å²) in [6.07, 6.45) is 3.16. The highest BCUT2D eigenvalue weighted by Gasteiger charge is 2.24. The molecule has 2 atom stereocenters. The summed E-state index contributed by atoms with van der Waals surface area (Å²) in [4.78, 5) is 11.5. The zero-order chi connectivity index (χ0) is 10.6. The first kappa shape index (κ1) is 11.5. The van der Waals surface area contributed by atoms with Gasteiger partial charge in [0.2, 0.25) is 5.91 Å². The molecule has 82 valence electrons. The Morgan fingerprint density at radius 2 is 2.29 bits per heavy atom. The average molecular weight is 198 g/mol. The second kappa shape index (κ2) is 5.35. The van der Waals surface area contributed by atoms with Gasteiger partial charge >= 0.3 is 0 Å². The van der Waals surface area contributed by atoms with E-state index < -0.39 is 0 Å². The summed E-state index contributed by atoms with van der Waals surface area (Å²) in [5, 5.41) is 6.34. The smallest absolute Gasteiger partial charge is 0.237 e. The summed E-state index contributed by atoms with van der Waals surface area (Å²) >= 11 is 0. The van der Waals surface area contributed by atoms with E-state index in [0.29, 0.717) is 12.0 Å². The summed E-state index contributed by atoms with van der Waals surface area (Å²) in [7, 11) is 0. The molecule has 1 rings (SSSR count). The molecule has 1 amide bonds. The number of nitrogens with one attached hydrogen (secondary N) is 2. The lowest BCUT2D eigenvalue weighted by atomic mass is 9.98. The summed E-state index contributed by atoms with van der Waals surface area (Å²) in [5.41, 5.74) is 0. The van der Waals surface area contributed by atoms with Gasteiger partial charge in [0.1, 0.15) is 0 Å². The van der Waals surface area contributed by atoms with Crippen LogP contribution in [0.15, 0.2) is 0 Å². The predicted octanol–water partition coefficient (Wildman–Crippen LogP) is 1.29. The molecular weight excluding hydrogens is 176 g/mol. The van der Waals surface area contributed by atoms with Gasteiger partial charge in [-0.15, -0.1) is 0 Å². The summed E-state index contributed by atoms with van der Waals surface area (Å²) < 4.78 is 0. The first-order valence-electron chi connectivity index (χ1n) is 5.69. The molecule has 0 radical (unpaired) electrons. The van der Waals surface area contributed by atoms with Gasteiger partial charge in [0, 0.05) is 12.6 Å². The number of amides is 1. The Balaban J connectivity index is 2.44. The molecule has 0 aliphatic carbocycles. The SMILES string of the molecule is CCC(NC1CCCNC1=O)C(C)C. The van der Waals surface area contributed by atoms with Crippen molar-refractivity contribution in [3.63, 3.8) is 0 Å². The van der Waals surface area contributed by atoms with Crippen LogP contribution in [0.2, 0.25) is 0 Å². The van der Waals surface area contributed by atoms with E-state index in [-0.39, 0.29) is 11.9 Å². The number of carbonyl (C=O) groups is 1. The molecule has 1 aliphatic rings. The molecule has 14 heavy (non-hydrogen) atoms. The third-order valence-electron chi connectivity index (χ3n) is 2.95. The fourth-order valence-electron chi connectivity index (χ4n) is 1.97. The van der Waals surface area contributed by atoms with E-state index in [1.807, 2.05) is 0 Å². The Labute approximate surface area is 86.6 Å².